The highest BCUT2D eigenvalue weighted by molar-refractivity contribution is 5.94. The average molecular weight is 235 g/mol. The maximum Gasteiger partial charge on any atom is 0.573 e. The summed E-state index contributed by atoms with van der Waals surface area (Å²) in [5.41, 5.74) is -0.123. The molecule has 0 aromatic heterocycles. The van der Waals surface area contributed by atoms with Crippen molar-refractivity contribution in [2.45, 2.75) is 6.36 Å². The Balaban J connectivity index is 3.03. The summed E-state index contributed by atoms with van der Waals surface area (Å²) in [5, 5.41) is 11.3. The minimum atomic E-state index is -4.87. The SMILES string of the molecule is CNC(=O)c1cc(O)cc(OC(F)(F)F)c1. The molecule has 1 amide bonds. The number of ether oxygens (including phenoxy) is 1. The van der Waals surface area contributed by atoms with Gasteiger partial charge in [0.15, 0.2) is 0 Å². The second-order valence-corrected chi connectivity index (χ2v) is 2.84. The summed E-state index contributed by atoms with van der Waals surface area (Å²) in [6.45, 7) is 0. The number of hydrogen-bond acceptors (Lipinski definition) is 3. The number of alkyl halides is 3. The number of carbonyl (C=O) groups excluding carboxylic acids is 1. The highest BCUT2D eigenvalue weighted by atomic mass is 19.4. The molecule has 0 saturated carbocycles. The summed E-state index contributed by atoms with van der Waals surface area (Å²) in [4.78, 5) is 11.1. The van der Waals surface area contributed by atoms with Crippen molar-refractivity contribution in [3.63, 3.8) is 0 Å². The number of rotatable bonds is 2. The van der Waals surface area contributed by atoms with E-state index in [1.807, 2.05) is 0 Å². The van der Waals surface area contributed by atoms with Crippen LogP contribution in [-0.2, 0) is 0 Å². The Morgan fingerprint density at radius 2 is 2.00 bits per heavy atom. The standard InChI is InChI=1S/C9H8F3NO3/c1-13-8(15)5-2-6(14)4-7(3-5)16-9(10,11)12/h2-4,14H,1H3,(H,13,15). The van der Waals surface area contributed by atoms with Crippen molar-refractivity contribution in [2.75, 3.05) is 7.05 Å². The highest BCUT2D eigenvalue weighted by Gasteiger charge is 2.31. The molecule has 0 atom stereocenters. The van der Waals surface area contributed by atoms with Crippen LogP contribution in [0.15, 0.2) is 18.2 Å². The molecular weight excluding hydrogens is 227 g/mol. The van der Waals surface area contributed by atoms with Gasteiger partial charge in [0, 0.05) is 18.7 Å². The number of aromatic hydroxyl groups is 1. The predicted molar refractivity (Wildman–Crippen MR) is 48.2 cm³/mol. The molecule has 4 nitrogen and oxygen atoms in total. The minimum Gasteiger partial charge on any atom is -0.508 e. The number of hydrogen-bond donors (Lipinski definition) is 2. The van der Waals surface area contributed by atoms with E-state index in [4.69, 9.17) is 5.11 Å². The molecule has 0 aliphatic heterocycles. The molecule has 0 radical (unpaired) electrons. The third-order valence-electron chi connectivity index (χ3n) is 1.61. The molecule has 2 N–H and O–H groups in total. The van der Waals surface area contributed by atoms with Gasteiger partial charge in [-0.3, -0.25) is 4.79 Å². The third-order valence-corrected chi connectivity index (χ3v) is 1.61. The first kappa shape index (κ1) is 12.2. The van der Waals surface area contributed by atoms with Crippen molar-refractivity contribution in [3.05, 3.63) is 23.8 Å². The van der Waals surface area contributed by atoms with Crippen LogP contribution in [0.1, 0.15) is 10.4 Å². The van der Waals surface area contributed by atoms with Crippen LogP contribution >= 0.6 is 0 Å². The first-order chi connectivity index (χ1) is 7.31. The number of phenolic OH excluding ortho intramolecular Hbond substituents is 1. The Labute approximate surface area is 88.6 Å². The Kier molecular flexibility index (Phi) is 3.26. The van der Waals surface area contributed by atoms with Gasteiger partial charge in [-0.1, -0.05) is 0 Å². The fourth-order valence-corrected chi connectivity index (χ4v) is 1.05. The lowest BCUT2D eigenvalue weighted by molar-refractivity contribution is -0.274. The van der Waals surface area contributed by atoms with Crippen molar-refractivity contribution < 1.29 is 27.8 Å². The van der Waals surface area contributed by atoms with Crippen molar-refractivity contribution in [1.29, 1.82) is 0 Å². The Morgan fingerprint density at radius 1 is 1.38 bits per heavy atom. The van der Waals surface area contributed by atoms with Gasteiger partial charge in [0.2, 0.25) is 0 Å². The van der Waals surface area contributed by atoms with E-state index in [0.717, 1.165) is 18.2 Å². The lowest BCUT2D eigenvalue weighted by Gasteiger charge is -2.10. The molecule has 0 unspecified atom stereocenters. The first-order valence-electron chi connectivity index (χ1n) is 4.13. The summed E-state index contributed by atoms with van der Waals surface area (Å²) >= 11 is 0. The summed E-state index contributed by atoms with van der Waals surface area (Å²) in [5.74, 6) is -1.76. The Morgan fingerprint density at radius 3 is 2.50 bits per heavy atom. The van der Waals surface area contributed by atoms with E-state index in [1.165, 1.54) is 7.05 Å². The largest absolute Gasteiger partial charge is 0.573 e. The molecule has 0 saturated heterocycles. The molecule has 88 valence electrons. The smallest absolute Gasteiger partial charge is 0.508 e. The number of carbonyl (C=O) groups is 1. The molecule has 16 heavy (non-hydrogen) atoms. The van der Waals surface area contributed by atoms with E-state index in [-0.39, 0.29) is 5.56 Å². The van der Waals surface area contributed by atoms with E-state index in [1.54, 1.807) is 0 Å². The van der Waals surface area contributed by atoms with E-state index in [9.17, 15) is 18.0 Å². The number of phenols is 1. The normalized spacial score (nSPS) is 11.0. The molecule has 1 aromatic carbocycles. The minimum absolute atomic E-state index is 0.123. The number of halogens is 3. The van der Waals surface area contributed by atoms with Crippen LogP contribution < -0.4 is 10.1 Å². The Hall–Kier alpha value is -1.92. The average Bonchev–Trinajstić information content (AvgIpc) is 2.12. The lowest BCUT2D eigenvalue weighted by atomic mass is 10.2. The van der Waals surface area contributed by atoms with Gasteiger partial charge in [-0.05, 0) is 12.1 Å². The molecule has 0 aliphatic rings. The van der Waals surface area contributed by atoms with Crippen molar-refractivity contribution >= 4 is 5.91 Å². The highest BCUT2D eigenvalue weighted by Crippen LogP contribution is 2.27. The summed E-state index contributed by atoms with van der Waals surface area (Å²) in [7, 11) is 1.32. The van der Waals surface area contributed by atoms with Crippen LogP contribution in [0.5, 0.6) is 11.5 Å². The summed E-state index contributed by atoms with van der Waals surface area (Å²) in [6.07, 6.45) is -4.87. The number of nitrogens with one attached hydrogen (secondary N) is 1. The van der Waals surface area contributed by atoms with Gasteiger partial charge in [-0.25, -0.2) is 0 Å². The second-order valence-electron chi connectivity index (χ2n) is 2.84. The molecule has 0 spiro atoms. The van der Waals surface area contributed by atoms with E-state index < -0.39 is 23.8 Å². The van der Waals surface area contributed by atoms with Crippen LogP contribution in [0.3, 0.4) is 0 Å². The van der Waals surface area contributed by atoms with Crippen LogP contribution in [0.4, 0.5) is 13.2 Å². The third kappa shape index (κ3) is 3.34. The topological polar surface area (TPSA) is 58.6 Å². The van der Waals surface area contributed by atoms with Gasteiger partial charge in [-0.15, -0.1) is 13.2 Å². The van der Waals surface area contributed by atoms with Gasteiger partial charge in [0.1, 0.15) is 11.5 Å². The molecule has 0 heterocycles. The van der Waals surface area contributed by atoms with Crippen LogP contribution in [0.2, 0.25) is 0 Å². The fourth-order valence-electron chi connectivity index (χ4n) is 1.05. The number of amides is 1. The van der Waals surface area contributed by atoms with Gasteiger partial charge in [-0.2, -0.15) is 0 Å². The summed E-state index contributed by atoms with van der Waals surface area (Å²) < 4.78 is 39.2. The molecule has 0 fully saturated rings. The maximum atomic E-state index is 11.9. The molecule has 1 aromatic rings. The molecule has 0 aliphatic carbocycles. The molecule has 0 bridgehead atoms. The van der Waals surface area contributed by atoms with Gasteiger partial charge >= 0.3 is 6.36 Å². The zero-order valence-corrected chi connectivity index (χ0v) is 8.13. The van der Waals surface area contributed by atoms with E-state index in [2.05, 4.69) is 10.1 Å². The first-order valence-corrected chi connectivity index (χ1v) is 4.13. The zero-order valence-electron chi connectivity index (χ0n) is 8.13. The quantitative estimate of drug-likeness (QED) is 0.819. The lowest BCUT2D eigenvalue weighted by Crippen LogP contribution is -2.19. The van der Waals surface area contributed by atoms with Gasteiger partial charge in [0.25, 0.3) is 5.91 Å². The van der Waals surface area contributed by atoms with Crippen LogP contribution in [-0.4, -0.2) is 24.4 Å². The molecule has 1 rings (SSSR count). The predicted octanol–water partition coefficient (Wildman–Crippen LogP) is 1.65. The van der Waals surface area contributed by atoms with E-state index in [0.29, 0.717) is 0 Å². The van der Waals surface area contributed by atoms with Crippen LogP contribution in [0.25, 0.3) is 0 Å². The zero-order chi connectivity index (χ0) is 12.3. The second kappa shape index (κ2) is 4.30. The fraction of sp³-hybridized carbons (Fsp3) is 0.222. The monoisotopic (exact) mass is 235 g/mol. The van der Waals surface area contributed by atoms with Gasteiger partial charge < -0.3 is 15.2 Å². The van der Waals surface area contributed by atoms with Crippen molar-refractivity contribution in [1.82, 2.24) is 5.32 Å². The van der Waals surface area contributed by atoms with E-state index >= 15 is 0 Å². The van der Waals surface area contributed by atoms with Crippen molar-refractivity contribution in [3.8, 4) is 11.5 Å². The molecular formula is C9H8F3NO3. The van der Waals surface area contributed by atoms with Crippen molar-refractivity contribution in [2.24, 2.45) is 0 Å². The molecule has 7 heteroatoms. The maximum absolute atomic E-state index is 11.9. The summed E-state index contributed by atoms with van der Waals surface area (Å²) in [6, 6.07) is 2.67. The van der Waals surface area contributed by atoms with Crippen LogP contribution in [0, 0.1) is 0 Å². The van der Waals surface area contributed by atoms with Gasteiger partial charge in [0.05, 0.1) is 0 Å². The Bertz CT molecular complexity index is 403. The number of benzene rings is 1.